The third kappa shape index (κ3) is 1.84. The summed E-state index contributed by atoms with van der Waals surface area (Å²) in [5.41, 5.74) is 4.83. The van der Waals surface area contributed by atoms with Crippen LogP contribution < -0.4 is 0 Å². The van der Waals surface area contributed by atoms with Crippen molar-refractivity contribution in [3.63, 3.8) is 0 Å². The summed E-state index contributed by atoms with van der Waals surface area (Å²) in [6, 6.07) is 18.5. The van der Waals surface area contributed by atoms with Crippen LogP contribution in [0.25, 0.3) is 22.3 Å². The second-order valence-corrected chi connectivity index (χ2v) is 8.75. The third-order valence-corrected chi connectivity index (χ3v) is 7.48. The van der Waals surface area contributed by atoms with Crippen molar-refractivity contribution in [2.75, 3.05) is 0 Å². The van der Waals surface area contributed by atoms with Crippen LogP contribution in [0.5, 0.6) is 0 Å². The molecule has 150 valence electrons. The Kier molecular flexibility index (Phi) is 2.93. The lowest BCUT2D eigenvalue weighted by molar-refractivity contribution is 0.605. The highest BCUT2D eigenvalue weighted by Gasteiger charge is 2.75. The fourth-order valence-corrected chi connectivity index (χ4v) is 6.36. The minimum atomic E-state index is -0.774. The van der Waals surface area contributed by atoms with E-state index in [4.69, 9.17) is 0 Å². The predicted octanol–water partition coefficient (Wildman–Crippen LogP) is 6.88. The Morgan fingerprint density at radius 1 is 0.419 bits per heavy atom. The van der Waals surface area contributed by atoms with Crippen LogP contribution in [0.15, 0.2) is 72.8 Å². The summed E-state index contributed by atoms with van der Waals surface area (Å²) in [6.07, 6.45) is 0.500. The third-order valence-electron chi connectivity index (χ3n) is 7.48. The van der Waals surface area contributed by atoms with E-state index < -0.39 is 10.8 Å². The summed E-state index contributed by atoms with van der Waals surface area (Å²) in [5, 5.41) is 0. The molecule has 0 bridgehead atoms. The van der Waals surface area contributed by atoms with E-state index in [1.807, 2.05) is 0 Å². The summed E-state index contributed by atoms with van der Waals surface area (Å²) in [6.45, 7) is 0. The van der Waals surface area contributed by atoms with Gasteiger partial charge in [0.15, 0.2) is 0 Å². The standard InChI is InChI=1S/C27H14F4/c28-14-1-5-18-19-6-2-15(29)10-23(19)26(22(18)9-14)13-27(26)24-11-16(30)3-7-20(24)21-8-4-17(31)12-25(21)27/h1-12H,13H2. The Morgan fingerprint density at radius 3 is 0.935 bits per heavy atom. The molecular weight excluding hydrogens is 400 g/mol. The highest BCUT2D eigenvalue weighted by atomic mass is 19.1. The van der Waals surface area contributed by atoms with E-state index in [0.717, 1.165) is 44.5 Å². The molecule has 3 aliphatic rings. The van der Waals surface area contributed by atoms with E-state index in [1.54, 1.807) is 24.3 Å². The SMILES string of the molecule is Fc1ccc2c(c1)C1(CC13c1cc(F)ccc1-c1ccc(F)cc13)c1cc(F)ccc1-2. The summed E-state index contributed by atoms with van der Waals surface area (Å²) in [5.74, 6) is -1.54. The first-order valence-electron chi connectivity index (χ1n) is 10.2. The van der Waals surface area contributed by atoms with Crippen molar-refractivity contribution in [1.29, 1.82) is 0 Å². The molecule has 3 aliphatic carbocycles. The van der Waals surface area contributed by atoms with Gasteiger partial charge in [0, 0.05) is 10.8 Å². The Hall–Kier alpha value is -3.40. The van der Waals surface area contributed by atoms with Gasteiger partial charge in [0.25, 0.3) is 0 Å². The van der Waals surface area contributed by atoms with Crippen LogP contribution in [-0.4, -0.2) is 0 Å². The topological polar surface area (TPSA) is 0 Å². The van der Waals surface area contributed by atoms with Crippen LogP contribution in [0.2, 0.25) is 0 Å². The number of hydrogen-bond acceptors (Lipinski definition) is 0. The molecule has 0 atom stereocenters. The fraction of sp³-hybridized carbons (Fsp3) is 0.111. The monoisotopic (exact) mass is 414 g/mol. The molecule has 0 N–H and O–H groups in total. The van der Waals surface area contributed by atoms with Gasteiger partial charge in [0.1, 0.15) is 23.3 Å². The van der Waals surface area contributed by atoms with E-state index in [2.05, 4.69) is 0 Å². The molecule has 0 unspecified atom stereocenters. The molecule has 0 aromatic heterocycles. The van der Waals surface area contributed by atoms with Gasteiger partial charge in [-0.25, -0.2) is 17.6 Å². The minimum absolute atomic E-state index is 0.384. The maximum Gasteiger partial charge on any atom is 0.123 e. The number of rotatable bonds is 0. The summed E-state index contributed by atoms with van der Waals surface area (Å²) >= 11 is 0. The molecule has 0 heterocycles. The number of hydrogen-bond donors (Lipinski definition) is 0. The van der Waals surface area contributed by atoms with E-state index in [-0.39, 0.29) is 23.3 Å². The van der Waals surface area contributed by atoms with Crippen molar-refractivity contribution in [3.8, 4) is 22.3 Å². The van der Waals surface area contributed by atoms with Crippen LogP contribution in [0.1, 0.15) is 28.7 Å². The molecule has 4 heteroatoms. The minimum Gasteiger partial charge on any atom is -0.207 e. The van der Waals surface area contributed by atoms with Gasteiger partial charge in [-0.05, 0) is 99.5 Å². The first-order chi connectivity index (χ1) is 15.0. The summed E-state index contributed by atoms with van der Waals surface area (Å²) in [7, 11) is 0. The molecule has 0 amide bonds. The van der Waals surface area contributed by atoms with E-state index in [0.29, 0.717) is 6.42 Å². The molecule has 1 fully saturated rings. The molecule has 0 nitrogen and oxygen atoms in total. The Balaban J connectivity index is 1.63. The Morgan fingerprint density at radius 2 is 0.677 bits per heavy atom. The maximum atomic E-state index is 14.4. The second kappa shape index (κ2) is 5.25. The van der Waals surface area contributed by atoms with E-state index >= 15 is 0 Å². The highest BCUT2D eigenvalue weighted by Crippen LogP contribution is 2.79. The van der Waals surface area contributed by atoms with Gasteiger partial charge in [-0.2, -0.15) is 0 Å². The first-order valence-corrected chi connectivity index (χ1v) is 10.2. The highest BCUT2D eigenvalue weighted by molar-refractivity contribution is 5.93. The normalized spacial score (nSPS) is 17.4. The molecule has 4 aromatic carbocycles. The molecule has 31 heavy (non-hydrogen) atoms. The molecular formula is C27H14F4. The van der Waals surface area contributed by atoms with Gasteiger partial charge in [-0.15, -0.1) is 0 Å². The van der Waals surface area contributed by atoms with Gasteiger partial charge in [-0.3, -0.25) is 0 Å². The van der Waals surface area contributed by atoms with Crippen molar-refractivity contribution in [2.45, 2.75) is 17.3 Å². The second-order valence-electron chi connectivity index (χ2n) is 8.75. The van der Waals surface area contributed by atoms with Crippen molar-refractivity contribution >= 4 is 0 Å². The molecule has 0 saturated heterocycles. The maximum absolute atomic E-state index is 14.4. The summed E-state index contributed by atoms with van der Waals surface area (Å²) in [4.78, 5) is 0. The zero-order valence-electron chi connectivity index (χ0n) is 16.1. The van der Waals surface area contributed by atoms with Crippen LogP contribution in [0.3, 0.4) is 0 Å². The fourth-order valence-electron chi connectivity index (χ4n) is 6.36. The number of fused-ring (bicyclic) bond motifs is 11. The van der Waals surface area contributed by atoms with Crippen molar-refractivity contribution in [1.82, 2.24) is 0 Å². The first kappa shape index (κ1) is 17.3. The lowest BCUT2D eigenvalue weighted by Gasteiger charge is -2.23. The Bertz CT molecular complexity index is 1250. The smallest absolute Gasteiger partial charge is 0.123 e. The lowest BCUT2D eigenvalue weighted by Crippen LogP contribution is -2.22. The zero-order chi connectivity index (χ0) is 21.1. The van der Waals surface area contributed by atoms with Crippen LogP contribution >= 0.6 is 0 Å². The molecule has 4 aromatic rings. The quantitative estimate of drug-likeness (QED) is 0.275. The molecule has 0 radical (unpaired) electrons. The summed E-state index contributed by atoms with van der Waals surface area (Å²) < 4.78 is 57.7. The molecule has 2 spiro atoms. The largest absolute Gasteiger partial charge is 0.207 e. The number of halogens is 4. The van der Waals surface area contributed by atoms with Crippen LogP contribution in [0, 0.1) is 23.3 Å². The van der Waals surface area contributed by atoms with Gasteiger partial charge >= 0.3 is 0 Å². The van der Waals surface area contributed by atoms with Gasteiger partial charge in [0.2, 0.25) is 0 Å². The van der Waals surface area contributed by atoms with Gasteiger partial charge < -0.3 is 0 Å². The van der Waals surface area contributed by atoms with Crippen molar-refractivity contribution < 1.29 is 17.6 Å². The van der Waals surface area contributed by atoms with Crippen molar-refractivity contribution in [3.05, 3.63) is 118 Å². The molecule has 0 aliphatic heterocycles. The van der Waals surface area contributed by atoms with Gasteiger partial charge in [0.05, 0.1) is 0 Å². The van der Waals surface area contributed by atoms with Gasteiger partial charge in [-0.1, -0.05) is 24.3 Å². The van der Waals surface area contributed by atoms with E-state index in [9.17, 15) is 17.6 Å². The van der Waals surface area contributed by atoms with Crippen LogP contribution in [0.4, 0.5) is 17.6 Å². The van der Waals surface area contributed by atoms with Crippen molar-refractivity contribution in [2.24, 2.45) is 0 Å². The lowest BCUT2D eigenvalue weighted by atomic mass is 9.78. The average Bonchev–Trinajstić information content (AvgIpc) is 3.30. The predicted molar refractivity (Wildman–Crippen MR) is 110 cm³/mol. The molecule has 7 rings (SSSR count). The average molecular weight is 414 g/mol. The van der Waals surface area contributed by atoms with Crippen LogP contribution in [-0.2, 0) is 10.8 Å². The number of benzene rings is 4. The Labute approximate surface area is 175 Å². The van der Waals surface area contributed by atoms with E-state index in [1.165, 1.54) is 48.5 Å². The zero-order valence-corrected chi connectivity index (χ0v) is 16.1. The molecule has 1 saturated carbocycles.